The summed E-state index contributed by atoms with van der Waals surface area (Å²) in [6, 6.07) is 6.86. The van der Waals surface area contributed by atoms with E-state index in [2.05, 4.69) is 20.9 Å². The van der Waals surface area contributed by atoms with Crippen molar-refractivity contribution in [2.45, 2.75) is 19.3 Å². The molecule has 2 aromatic rings. The van der Waals surface area contributed by atoms with E-state index in [0.29, 0.717) is 11.5 Å². The van der Waals surface area contributed by atoms with Gasteiger partial charge in [0.05, 0.1) is 6.20 Å². The van der Waals surface area contributed by atoms with Crippen LogP contribution in [-0.2, 0) is 6.42 Å². The van der Waals surface area contributed by atoms with E-state index in [1.165, 1.54) is 12.3 Å². The number of allylic oxidation sites excluding steroid dienone is 1. The third-order valence-corrected chi connectivity index (χ3v) is 4.49. The Balaban J connectivity index is 1.46. The zero-order valence-corrected chi connectivity index (χ0v) is 13.6. The lowest BCUT2D eigenvalue weighted by Crippen LogP contribution is -2.34. The van der Waals surface area contributed by atoms with E-state index in [1.807, 2.05) is 12.1 Å². The number of aromatic amines is 1. The van der Waals surface area contributed by atoms with Crippen molar-refractivity contribution in [3.05, 3.63) is 70.2 Å². The van der Waals surface area contributed by atoms with Gasteiger partial charge in [0.1, 0.15) is 5.82 Å². The van der Waals surface area contributed by atoms with Crippen LogP contribution < -0.4 is 5.56 Å². The molecule has 0 unspecified atom stereocenters. The molecule has 2 heterocycles. The second kappa shape index (κ2) is 8.02. The van der Waals surface area contributed by atoms with Gasteiger partial charge >= 0.3 is 0 Å². The normalized spacial score (nSPS) is 16.7. The van der Waals surface area contributed by atoms with Crippen LogP contribution in [0.3, 0.4) is 0 Å². The summed E-state index contributed by atoms with van der Waals surface area (Å²) in [6.07, 6.45) is 9.99. The van der Waals surface area contributed by atoms with Crippen molar-refractivity contribution in [1.82, 2.24) is 14.9 Å². The van der Waals surface area contributed by atoms with Crippen LogP contribution in [0.5, 0.6) is 0 Å². The molecule has 126 valence electrons. The molecule has 1 aliphatic heterocycles. The Morgan fingerprint density at radius 1 is 1.25 bits per heavy atom. The molecule has 1 saturated heterocycles. The van der Waals surface area contributed by atoms with E-state index in [4.69, 9.17) is 0 Å². The highest BCUT2D eigenvalue weighted by atomic mass is 19.1. The Bertz CT molecular complexity index is 748. The molecular weight excluding hydrogens is 305 g/mol. The number of aromatic nitrogens is 2. The van der Waals surface area contributed by atoms with Gasteiger partial charge in [0.25, 0.3) is 5.56 Å². The first-order valence-corrected chi connectivity index (χ1v) is 8.39. The van der Waals surface area contributed by atoms with Gasteiger partial charge in [-0.15, -0.1) is 0 Å². The third-order valence-electron chi connectivity index (χ3n) is 4.49. The van der Waals surface area contributed by atoms with E-state index in [-0.39, 0.29) is 11.4 Å². The molecule has 1 fully saturated rings. The number of rotatable bonds is 5. The monoisotopic (exact) mass is 327 g/mol. The molecule has 3 rings (SSSR count). The van der Waals surface area contributed by atoms with Gasteiger partial charge in [-0.05, 0) is 37.9 Å². The summed E-state index contributed by atoms with van der Waals surface area (Å²) in [7, 11) is 0. The Labute approximate surface area is 141 Å². The molecule has 0 atom stereocenters. The zero-order chi connectivity index (χ0) is 16.8. The van der Waals surface area contributed by atoms with Crippen molar-refractivity contribution in [1.29, 1.82) is 0 Å². The number of likely N-dealkylation sites (tertiary alicyclic amines) is 1. The van der Waals surface area contributed by atoms with E-state index >= 15 is 0 Å². The number of piperidine rings is 1. The molecule has 4 nitrogen and oxygen atoms in total. The first kappa shape index (κ1) is 16.6. The fraction of sp³-hybridized carbons (Fsp3) is 0.368. The standard InChI is InChI=1S/C19H22FN3O/c20-18-4-2-1-3-16(18)6-5-15-7-10-23(11-8-15)12-9-17-13-21-14-19(24)22-17/h1-6,13-15H,7-12H2,(H,22,24). The van der Waals surface area contributed by atoms with E-state index in [1.54, 1.807) is 18.3 Å². The number of H-pyrrole nitrogens is 1. The number of nitrogens with one attached hydrogen (secondary N) is 1. The summed E-state index contributed by atoms with van der Waals surface area (Å²) in [5, 5.41) is 0. The summed E-state index contributed by atoms with van der Waals surface area (Å²) in [4.78, 5) is 20.4. The predicted octanol–water partition coefficient (Wildman–Crippen LogP) is 2.88. The Hall–Kier alpha value is -2.27. The van der Waals surface area contributed by atoms with Gasteiger partial charge in [0.2, 0.25) is 0 Å². The molecule has 0 aliphatic carbocycles. The first-order chi connectivity index (χ1) is 11.7. The summed E-state index contributed by atoms with van der Waals surface area (Å²) in [6.45, 7) is 2.97. The number of benzene rings is 1. The molecule has 0 saturated carbocycles. The van der Waals surface area contributed by atoms with Crippen LogP contribution in [-0.4, -0.2) is 34.5 Å². The molecule has 0 bridgehead atoms. The van der Waals surface area contributed by atoms with E-state index in [9.17, 15) is 9.18 Å². The van der Waals surface area contributed by atoms with Gasteiger partial charge in [-0.2, -0.15) is 0 Å². The maximum absolute atomic E-state index is 13.6. The average molecular weight is 327 g/mol. The lowest BCUT2D eigenvalue weighted by Gasteiger charge is -2.30. The smallest absolute Gasteiger partial charge is 0.266 e. The number of halogens is 1. The molecule has 1 aromatic carbocycles. The zero-order valence-electron chi connectivity index (χ0n) is 13.6. The van der Waals surface area contributed by atoms with Crippen molar-refractivity contribution >= 4 is 6.08 Å². The highest BCUT2D eigenvalue weighted by molar-refractivity contribution is 5.50. The summed E-state index contributed by atoms with van der Waals surface area (Å²) in [5.74, 6) is 0.329. The quantitative estimate of drug-likeness (QED) is 0.919. The largest absolute Gasteiger partial charge is 0.323 e. The van der Waals surface area contributed by atoms with Crippen molar-refractivity contribution in [2.75, 3.05) is 19.6 Å². The molecular formula is C19H22FN3O. The highest BCUT2D eigenvalue weighted by Crippen LogP contribution is 2.20. The minimum atomic E-state index is -0.170. The molecule has 0 spiro atoms. The second-order valence-electron chi connectivity index (χ2n) is 6.23. The second-order valence-corrected chi connectivity index (χ2v) is 6.23. The third kappa shape index (κ3) is 4.61. The molecule has 0 radical (unpaired) electrons. The average Bonchev–Trinajstić information content (AvgIpc) is 2.60. The van der Waals surface area contributed by atoms with Gasteiger partial charge in [-0.3, -0.25) is 9.78 Å². The topological polar surface area (TPSA) is 49.0 Å². The van der Waals surface area contributed by atoms with Crippen LogP contribution in [0.25, 0.3) is 6.08 Å². The summed E-state index contributed by atoms with van der Waals surface area (Å²) >= 11 is 0. The highest BCUT2D eigenvalue weighted by Gasteiger charge is 2.17. The van der Waals surface area contributed by atoms with Crippen molar-refractivity contribution in [3.63, 3.8) is 0 Å². The molecule has 5 heteroatoms. The summed E-state index contributed by atoms with van der Waals surface area (Å²) < 4.78 is 13.6. The Morgan fingerprint density at radius 2 is 2.04 bits per heavy atom. The molecule has 0 amide bonds. The van der Waals surface area contributed by atoms with Gasteiger partial charge in [-0.25, -0.2) is 4.39 Å². The van der Waals surface area contributed by atoms with Crippen LogP contribution >= 0.6 is 0 Å². The Kier molecular flexibility index (Phi) is 5.54. The van der Waals surface area contributed by atoms with E-state index < -0.39 is 0 Å². The number of nitrogens with zero attached hydrogens (tertiary/aromatic N) is 2. The number of hydrogen-bond donors (Lipinski definition) is 1. The maximum atomic E-state index is 13.6. The molecule has 1 aliphatic rings. The minimum absolute atomic E-state index is 0.149. The summed E-state index contributed by atoms with van der Waals surface area (Å²) in [5.41, 5.74) is 1.38. The van der Waals surface area contributed by atoms with Gasteiger partial charge in [0.15, 0.2) is 0 Å². The fourth-order valence-corrected chi connectivity index (χ4v) is 3.04. The van der Waals surface area contributed by atoms with Crippen LogP contribution in [0.4, 0.5) is 4.39 Å². The van der Waals surface area contributed by atoms with Crippen molar-refractivity contribution in [3.8, 4) is 0 Å². The fourth-order valence-electron chi connectivity index (χ4n) is 3.04. The first-order valence-electron chi connectivity index (χ1n) is 8.39. The SMILES string of the molecule is O=c1cncc(CCN2CCC(C=Cc3ccccc3F)CC2)[nH]1. The van der Waals surface area contributed by atoms with Crippen LogP contribution in [0.2, 0.25) is 0 Å². The van der Waals surface area contributed by atoms with Crippen LogP contribution in [0.1, 0.15) is 24.1 Å². The minimum Gasteiger partial charge on any atom is -0.323 e. The predicted molar refractivity (Wildman–Crippen MR) is 93.2 cm³/mol. The molecule has 1 N–H and O–H groups in total. The van der Waals surface area contributed by atoms with Gasteiger partial charge in [-0.1, -0.05) is 30.4 Å². The lowest BCUT2D eigenvalue weighted by atomic mass is 9.95. The number of hydrogen-bond acceptors (Lipinski definition) is 3. The molecule has 1 aromatic heterocycles. The Morgan fingerprint density at radius 3 is 2.79 bits per heavy atom. The van der Waals surface area contributed by atoms with Crippen molar-refractivity contribution < 1.29 is 4.39 Å². The van der Waals surface area contributed by atoms with Crippen molar-refractivity contribution in [2.24, 2.45) is 5.92 Å². The van der Waals surface area contributed by atoms with Crippen LogP contribution in [0.15, 0.2) is 47.5 Å². The van der Waals surface area contributed by atoms with Gasteiger partial charge < -0.3 is 9.88 Å². The van der Waals surface area contributed by atoms with Gasteiger partial charge in [0, 0.05) is 30.4 Å². The van der Waals surface area contributed by atoms with E-state index in [0.717, 1.165) is 44.6 Å². The maximum Gasteiger partial charge on any atom is 0.266 e. The lowest BCUT2D eigenvalue weighted by molar-refractivity contribution is 0.205. The molecule has 24 heavy (non-hydrogen) atoms. The van der Waals surface area contributed by atoms with Crippen LogP contribution in [0, 0.1) is 11.7 Å².